The van der Waals surface area contributed by atoms with Gasteiger partial charge >= 0.3 is 0 Å². The molecule has 3 nitrogen and oxygen atoms in total. The van der Waals surface area contributed by atoms with Gasteiger partial charge in [-0.05, 0) is 18.6 Å². The van der Waals surface area contributed by atoms with E-state index in [0.29, 0.717) is 19.4 Å². The van der Waals surface area contributed by atoms with Gasteiger partial charge in [0.2, 0.25) is 5.91 Å². The van der Waals surface area contributed by atoms with E-state index in [4.69, 9.17) is 16.7 Å². The van der Waals surface area contributed by atoms with Gasteiger partial charge < -0.3 is 10.4 Å². The van der Waals surface area contributed by atoms with E-state index in [1.165, 1.54) is 11.3 Å². The predicted octanol–water partition coefficient (Wildman–Crippen LogP) is 1.79. The third-order valence-corrected chi connectivity index (χ3v) is 2.88. The van der Waals surface area contributed by atoms with Crippen molar-refractivity contribution in [1.82, 2.24) is 5.32 Å². The van der Waals surface area contributed by atoms with Gasteiger partial charge in [-0.3, -0.25) is 4.79 Å². The molecule has 0 aliphatic heterocycles. The Morgan fingerprint density at radius 3 is 2.93 bits per heavy atom. The van der Waals surface area contributed by atoms with E-state index in [1.54, 1.807) is 6.07 Å². The smallest absolute Gasteiger partial charge is 0.220 e. The highest BCUT2D eigenvalue weighted by Crippen LogP contribution is 2.20. The van der Waals surface area contributed by atoms with Gasteiger partial charge in [0.05, 0.1) is 10.9 Å². The van der Waals surface area contributed by atoms with E-state index in [2.05, 4.69) is 5.32 Å². The quantitative estimate of drug-likeness (QED) is 0.815. The lowest BCUT2D eigenvalue weighted by molar-refractivity contribution is -0.121. The number of hydrogen-bond donors (Lipinski definition) is 2. The zero-order chi connectivity index (χ0) is 10.4. The molecule has 1 heterocycles. The number of carbonyl (C=O) groups is 1. The summed E-state index contributed by atoms with van der Waals surface area (Å²) in [5.41, 5.74) is 0. The Kier molecular flexibility index (Phi) is 4.93. The van der Waals surface area contributed by atoms with Gasteiger partial charge in [0, 0.05) is 17.9 Å². The molecule has 0 radical (unpaired) electrons. The highest BCUT2D eigenvalue weighted by atomic mass is 35.5. The zero-order valence-corrected chi connectivity index (χ0v) is 9.20. The molecule has 1 rings (SSSR count). The minimum absolute atomic E-state index is 0.0384. The van der Waals surface area contributed by atoms with Crippen LogP contribution in [0.4, 0.5) is 0 Å². The van der Waals surface area contributed by atoms with E-state index in [9.17, 15) is 4.79 Å². The van der Waals surface area contributed by atoms with Gasteiger partial charge in [-0.1, -0.05) is 11.6 Å². The molecule has 78 valence electrons. The maximum absolute atomic E-state index is 11.1. The van der Waals surface area contributed by atoms with Crippen LogP contribution in [-0.2, 0) is 11.3 Å². The molecule has 0 fully saturated rings. The summed E-state index contributed by atoms with van der Waals surface area (Å²) < 4.78 is 0.726. The van der Waals surface area contributed by atoms with Gasteiger partial charge in [-0.15, -0.1) is 11.3 Å². The number of nitrogens with one attached hydrogen (secondary N) is 1. The number of carbonyl (C=O) groups excluding carboxylic acids is 1. The van der Waals surface area contributed by atoms with E-state index in [0.717, 1.165) is 9.21 Å². The SMILES string of the molecule is O=C(CCCO)NCc1ccc(Cl)s1. The van der Waals surface area contributed by atoms with Crippen LogP contribution in [0.2, 0.25) is 4.34 Å². The molecule has 0 spiro atoms. The van der Waals surface area contributed by atoms with Crippen LogP contribution >= 0.6 is 22.9 Å². The average molecular weight is 234 g/mol. The topological polar surface area (TPSA) is 49.3 Å². The summed E-state index contributed by atoms with van der Waals surface area (Å²) in [6.07, 6.45) is 0.882. The molecule has 0 aromatic carbocycles. The van der Waals surface area contributed by atoms with Crippen molar-refractivity contribution in [3.05, 3.63) is 21.3 Å². The molecule has 5 heteroatoms. The lowest BCUT2D eigenvalue weighted by Gasteiger charge is -2.01. The third kappa shape index (κ3) is 4.09. The van der Waals surface area contributed by atoms with Crippen LogP contribution in [0.1, 0.15) is 17.7 Å². The van der Waals surface area contributed by atoms with E-state index < -0.39 is 0 Å². The monoisotopic (exact) mass is 233 g/mol. The highest BCUT2D eigenvalue weighted by Gasteiger charge is 2.02. The lowest BCUT2D eigenvalue weighted by atomic mass is 10.3. The Hall–Kier alpha value is -0.580. The molecule has 2 N–H and O–H groups in total. The minimum Gasteiger partial charge on any atom is -0.396 e. The van der Waals surface area contributed by atoms with Crippen molar-refractivity contribution in [3.8, 4) is 0 Å². The summed E-state index contributed by atoms with van der Waals surface area (Å²) in [6, 6.07) is 3.70. The fourth-order valence-electron chi connectivity index (χ4n) is 0.960. The van der Waals surface area contributed by atoms with Crippen molar-refractivity contribution >= 4 is 28.8 Å². The van der Waals surface area contributed by atoms with Crippen LogP contribution in [0.15, 0.2) is 12.1 Å². The molecule has 14 heavy (non-hydrogen) atoms. The fraction of sp³-hybridized carbons (Fsp3) is 0.444. The number of halogens is 1. The lowest BCUT2D eigenvalue weighted by Crippen LogP contribution is -2.22. The molecule has 1 amide bonds. The van der Waals surface area contributed by atoms with Crippen molar-refractivity contribution in [1.29, 1.82) is 0 Å². The predicted molar refractivity (Wildman–Crippen MR) is 57.5 cm³/mol. The molecule has 1 aromatic heterocycles. The second kappa shape index (κ2) is 6.01. The summed E-state index contributed by atoms with van der Waals surface area (Å²) in [5, 5.41) is 11.3. The first-order valence-electron chi connectivity index (χ1n) is 4.34. The van der Waals surface area contributed by atoms with Crippen LogP contribution in [-0.4, -0.2) is 17.6 Å². The molecule has 1 aromatic rings. The van der Waals surface area contributed by atoms with Gasteiger partial charge in [-0.25, -0.2) is 0 Å². The molecule has 0 saturated carbocycles. The third-order valence-electron chi connectivity index (χ3n) is 1.65. The van der Waals surface area contributed by atoms with E-state index >= 15 is 0 Å². The number of rotatable bonds is 5. The van der Waals surface area contributed by atoms with Crippen molar-refractivity contribution in [2.75, 3.05) is 6.61 Å². The Morgan fingerprint density at radius 1 is 1.57 bits per heavy atom. The highest BCUT2D eigenvalue weighted by molar-refractivity contribution is 7.16. The molecule has 0 unspecified atom stereocenters. The Morgan fingerprint density at radius 2 is 2.36 bits per heavy atom. The Labute approximate surface area is 91.7 Å². The summed E-state index contributed by atoms with van der Waals surface area (Å²) in [4.78, 5) is 12.2. The molecule has 0 saturated heterocycles. The zero-order valence-electron chi connectivity index (χ0n) is 7.62. The van der Waals surface area contributed by atoms with Crippen LogP contribution in [0.25, 0.3) is 0 Å². The van der Waals surface area contributed by atoms with E-state index in [1.807, 2.05) is 6.07 Å². The summed E-state index contributed by atoms with van der Waals surface area (Å²) in [7, 11) is 0. The molecular weight excluding hydrogens is 222 g/mol. The van der Waals surface area contributed by atoms with Gasteiger partial charge in [0.15, 0.2) is 0 Å². The molecule has 0 bridgehead atoms. The summed E-state index contributed by atoms with van der Waals surface area (Å²) in [5.74, 6) is -0.0384. The van der Waals surface area contributed by atoms with Crippen LogP contribution in [0.3, 0.4) is 0 Å². The average Bonchev–Trinajstić information content (AvgIpc) is 2.58. The maximum Gasteiger partial charge on any atom is 0.220 e. The number of amides is 1. The summed E-state index contributed by atoms with van der Waals surface area (Å²) in [6.45, 7) is 0.569. The fourth-order valence-corrected chi connectivity index (χ4v) is 1.99. The Balaban J connectivity index is 2.23. The van der Waals surface area contributed by atoms with Crippen LogP contribution < -0.4 is 5.32 Å². The number of aliphatic hydroxyl groups excluding tert-OH is 1. The van der Waals surface area contributed by atoms with E-state index in [-0.39, 0.29) is 12.5 Å². The molecule has 0 aliphatic rings. The van der Waals surface area contributed by atoms with Gasteiger partial charge in [0.1, 0.15) is 0 Å². The first-order valence-corrected chi connectivity index (χ1v) is 5.53. The first-order chi connectivity index (χ1) is 6.72. The van der Waals surface area contributed by atoms with Crippen molar-refractivity contribution < 1.29 is 9.90 Å². The van der Waals surface area contributed by atoms with Gasteiger partial charge in [-0.2, -0.15) is 0 Å². The largest absolute Gasteiger partial charge is 0.396 e. The first kappa shape index (κ1) is 11.5. The van der Waals surface area contributed by atoms with Crippen molar-refractivity contribution in [3.63, 3.8) is 0 Å². The Bertz CT molecular complexity index is 301. The molecule has 0 atom stereocenters. The number of hydrogen-bond acceptors (Lipinski definition) is 3. The van der Waals surface area contributed by atoms with Crippen LogP contribution in [0.5, 0.6) is 0 Å². The normalized spacial score (nSPS) is 10.1. The number of aliphatic hydroxyl groups is 1. The molecular formula is C9H12ClNO2S. The molecule has 0 aliphatic carbocycles. The summed E-state index contributed by atoms with van der Waals surface area (Å²) >= 11 is 7.19. The second-order valence-electron chi connectivity index (χ2n) is 2.81. The maximum atomic E-state index is 11.1. The second-order valence-corrected chi connectivity index (χ2v) is 4.61. The standard InChI is InChI=1S/C9H12ClNO2S/c10-8-4-3-7(14-8)6-11-9(13)2-1-5-12/h3-4,12H,1-2,5-6H2,(H,11,13). The van der Waals surface area contributed by atoms with Crippen molar-refractivity contribution in [2.45, 2.75) is 19.4 Å². The van der Waals surface area contributed by atoms with Crippen molar-refractivity contribution in [2.24, 2.45) is 0 Å². The number of thiophene rings is 1. The van der Waals surface area contributed by atoms with Gasteiger partial charge in [0.25, 0.3) is 0 Å². The van der Waals surface area contributed by atoms with Crippen LogP contribution in [0, 0.1) is 0 Å². The minimum atomic E-state index is -0.0384.